The van der Waals surface area contributed by atoms with Crippen molar-refractivity contribution in [2.45, 2.75) is 38.0 Å². The molecular weight excluding hydrogens is 236 g/mol. The summed E-state index contributed by atoms with van der Waals surface area (Å²) in [7, 11) is 0. The van der Waals surface area contributed by atoms with E-state index in [1.54, 1.807) is 0 Å². The van der Waals surface area contributed by atoms with Crippen molar-refractivity contribution in [3.8, 4) is 11.2 Å². The van der Waals surface area contributed by atoms with Crippen LogP contribution in [-0.2, 0) is 12.6 Å². The summed E-state index contributed by atoms with van der Waals surface area (Å²) in [6.45, 7) is 0. The highest BCUT2D eigenvalue weighted by atomic mass is 35.5. The molecule has 0 N–H and O–H groups in total. The van der Waals surface area contributed by atoms with Gasteiger partial charge >= 0.3 is 0 Å². The number of hydrogen-bond donors (Lipinski definition) is 0. The third kappa shape index (κ3) is 2.75. The van der Waals surface area contributed by atoms with Gasteiger partial charge in [-0.25, -0.2) is 0 Å². The van der Waals surface area contributed by atoms with Crippen LogP contribution in [0.1, 0.15) is 49.1 Å². The Hall–Kier alpha value is -0.580. The van der Waals surface area contributed by atoms with Crippen LogP contribution in [0.4, 0.5) is 0 Å². The van der Waals surface area contributed by atoms with Crippen molar-refractivity contribution in [3.63, 3.8) is 0 Å². The van der Waals surface area contributed by atoms with Gasteiger partial charge in [0.05, 0.1) is 0 Å². The number of halogens is 1. The number of rotatable bonds is 1. The number of benzene rings is 1. The lowest BCUT2D eigenvalue weighted by Crippen LogP contribution is -2.06. The monoisotopic (exact) mass is 251 g/mol. The lowest BCUT2D eigenvalue weighted by atomic mass is 9.82. The second-order valence-electron chi connectivity index (χ2n) is 4.32. The summed E-state index contributed by atoms with van der Waals surface area (Å²) in [6.07, 6.45) is 6.58. The highest BCUT2D eigenvalue weighted by Gasteiger charge is 2.18. The van der Waals surface area contributed by atoms with Crippen LogP contribution >= 0.6 is 11.6 Å². The average molecular weight is 252 g/mol. The zero-order chi connectivity index (χ0) is 11.4. The Kier molecular flexibility index (Phi) is 4.21. The molecule has 0 radical (unpaired) electrons. The van der Waals surface area contributed by atoms with Crippen LogP contribution in [0, 0.1) is 11.2 Å². The molecule has 0 unspecified atom stereocenters. The molecule has 1 saturated carbocycles. The molecule has 1 aliphatic carbocycles. The Morgan fingerprint density at radius 1 is 1.19 bits per heavy atom. The Balaban J connectivity index is 2.34. The molecule has 1 fully saturated rings. The van der Waals surface area contributed by atoms with E-state index in [-0.39, 0.29) is 0 Å². The van der Waals surface area contributed by atoms with E-state index < -0.39 is 0 Å². The molecule has 2 rings (SSSR count). The van der Waals surface area contributed by atoms with Crippen LogP contribution in [0.3, 0.4) is 0 Å². The Morgan fingerprint density at radius 2 is 1.94 bits per heavy atom. The molecule has 0 saturated heterocycles. The fourth-order valence-electron chi connectivity index (χ4n) is 2.47. The molecule has 1 aromatic carbocycles. The lowest BCUT2D eigenvalue weighted by Gasteiger charge is -2.23. The highest BCUT2D eigenvalue weighted by molar-refractivity contribution is 7.64. The van der Waals surface area contributed by atoms with Gasteiger partial charge in [-0.05, 0) is 48.4 Å². The zero-order valence-electron chi connectivity index (χ0n) is 9.22. The molecule has 1 aromatic rings. The van der Waals surface area contributed by atoms with Crippen LogP contribution in [-0.4, -0.2) is 0 Å². The summed E-state index contributed by atoms with van der Waals surface area (Å²) in [4.78, 5) is 0. The van der Waals surface area contributed by atoms with Crippen LogP contribution < -0.4 is 0 Å². The smallest absolute Gasteiger partial charge is 0.0843 e. The SMILES string of the molecule is [SH2+]C#Cc1ccc(Cl)cc1C1CCCCC1. The van der Waals surface area contributed by atoms with Gasteiger partial charge in [0.25, 0.3) is 0 Å². The van der Waals surface area contributed by atoms with Crippen molar-refractivity contribution >= 4 is 24.2 Å². The number of hydrogen-bond acceptors (Lipinski definition) is 0. The van der Waals surface area contributed by atoms with Gasteiger partial charge in [0.1, 0.15) is 0 Å². The van der Waals surface area contributed by atoms with Crippen LogP contribution in [0.5, 0.6) is 0 Å². The van der Waals surface area contributed by atoms with Crippen molar-refractivity contribution in [2.75, 3.05) is 0 Å². The van der Waals surface area contributed by atoms with Crippen molar-refractivity contribution in [3.05, 3.63) is 34.3 Å². The molecule has 1 aliphatic rings. The van der Waals surface area contributed by atoms with E-state index in [4.69, 9.17) is 11.6 Å². The molecule has 16 heavy (non-hydrogen) atoms. The molecule has 0 atom stereocenters. The maximum Gasteiger partial charge on any atom is 0.152 e. The second kappa shape index (κ2) is 5.66. The first-order valence-corrected chi connectivity index (χ1v) is 6.66. The minimum Gasteiger partial charge on any atom is -0.0843 e. The molecule has 2 heteroatoms. The summed E-state index contributed by atoms with van der Waals surface area (Å²) in [5, 5.41) is 3.61. The Morgan fingerprint density at radius 3 is 2.62 bits per heavy atom. The summed E-state index contributed by atoms with van der Waals surface area (Å²) >= 11 is 9.29. The van der Waals surface area contributed by atoms with Gasteiger partial charge in [-0.1, -0.05) is 30.9 Å². The van der Waals surface area contributed by atoms with Crippen molar-refractivity contribution in [1.29, 1.82) is 0 Å². The van der Waals surface area contributed by atoms with Crippen LogP contribution in [0.2, 0.25) is 5.02 Å². The third-order valence-electron chi connectivity index (χ3n) is 3.26. The van der Waals surface area contributed by atoms with Gasteiger partial charge in [-0.2, -0.15) is 0 Å². The lowest BCUT2D eigenvalue weighted by molar-refractivity contribution is 0.443. The molecule has 84 valence electrons. The fourth-order valence-corrected chi connectivity index (χ4v) is 2.78. The van der Waals surface area contributed by atoms with Crippen molar-refractivity contribution < 1.29 is 0 Å². The first-order chi connectivity index (χ1) is 7.81. The Labute approximate surface area is 108 Å². The van der Waals surface area contributed by atoms with Crippen molar-refractivity contribution in [2.24, 2.45) is 0 Å². The topological polar surface area (TPSA) is 0 Å². The van der Waals surface area contributed by atoms with E-state index in [0.29, 0.717) is 5.92 Å². The average Bonchev–Trinajstić information content (AvgIpc) is 2.33. The quantitative estimate of drug-likeness (QED) is 0.527. The van der Waals surface area contributed by atoms with E-state index in [2.05, 4.69) is 29.9 Å². The first kappa shape index (κ1) is 11.9. The normalized spacial score (nSPS) is 16.6. The van der Waals surface area contributed by atoms with E-state index in [9.17, 15) is 0 Å². The molecule has 0 spiro atoms. The molecular formula is C14H16ClS+. The predicted octanol–water partition coefficient (Wildman–Crippen LogP) is 3.71. The summed E-state index contributed by atoms with van der Waals surface area (Å²) in [6, 6.07) is 6.03. The van der Waals surface area contributed by atoms with Crippen LogP contribution in [0.25, 0.3) is 0 Å². The third-order valence-corrected chi connectivity index (χ3v) is 3.62. The van der Waals surface area contributed by atoms with Crippen LogP contribution in [0.15, 0.2) is 18.2 Å². The molecule has 0 bridgehead atoms. The van der Waals surface area contributed by atoms with E-state index in [1.807, 2.05) is 12.1 Å². The molecule has 0 aliphatic heterocycles. The van der Waals surface area contributed by atoms with E-state index >= 15 is 0 Å². The Bertz CT molecular complexity index is 422. The van der Waals surface area contributed by atoms with Gasteiger partial charge in [-0.3, -0.25) is 0 Å². The summed E-state index contributed by atoms with van der Waals surface area (Å²) in [5.74, 6) is 3.75. The highest BCUT2D eigenvalue weighted by Crippen LogP contribution is 2.35. The minimum absolute atomic E-state index is 0.648. The molecule has 0 aromatic heterocycles. The molecule has 0 amide bonds. The standard InChI is InChI=1S/C14H15ClS/c15-13-7-6-12(8-9-16)14(10-13)11-4-2-1-3-5-11/h6-7,10-11,16H,1-5H2/p+1. The van der Waals surface area contributed by atoms with Gasteiger partial charge in [0.15, 0.2) is 5.25 Å². The zero-order valence-corrected chi connectivity index (χ0v) is 11.0. The fraction of sp³-hybridized carbons (Fsp3) is 0.429. The molecule has 0 nitrogen and oxygen atoms in total. The maximum atomic E-state index is 6.08. The molecule has 0 heterocycles. The van der Waals surface area contributed by atoms with Crippen molar-refractivity contribution in [1.82, 2.24) is 0 Å². The van der Waals surface area contributed by atoms with Gasteiger partial charge in [0, 0.05) is 23.2 Å². The van der Waals surface area contributed by atoms with Gasteiger partial charge < -0.3 is 0 Å². The second-order valence-corrected chi connectivity index (χ2v) is 5.00. The van der Waals surface area contributed by atoms with Gasteiger partial charge in [-0.15, -0.1) is 0 Å². The minimum atomic E-state index is 0.648. The first-order valence-electron chi connectivity index (χ1n) is 5.78. The van der Waals surface area contributed by atoms with E-state index in [1.165, 1.54) is 37.7 Å². The predicted molar refractivity (Wildman–Crippen MR) is 74.3 cm³/mol. The maximum absolute atomic E-state index is 6.08. The largest absolute Gasteiger partial charge is 0.152 e. The van der Waals surface area contributed by atoms with Gasteiger partial charge in [0.2, 0.25) is 0 Å². The van der Waals surface area contributed by atoms with E-state index in [0.717, 1.165) is 10.6 Å². The summed E-state index contributed by atoms with van der Waals surface area (Å²) in [5.41, 5.74) is 2.45. The summed E-state index contributed by atoms with van der Waals surface area (Å²) < 4.78 is 0.